The fourth-order valence-corrected chi connectivity index (χ4v) is 1.75. The number of anilines is 1. The van der Waals surface area contributed by atoms with Crippen LogP contribution >= 0.6 is 0 Å². The Labute approximate surface area is 139 Å². The van der Waals surface area contributed by atoms with Gasteiger partial charge in [0.1, 0.15) is 11.5 Å². The Kier molecular flexibility index (Phi) is 4.76. The van der Waals surface area contributed by atoms with Gasteiger partial charge in [-0.25, -0.2) is 5.43 Å². The first-order valence-electron chi connectivity index (χ1n) is 7.08. The predicted octanol–water partition coefficient (Wildman–Crippen LogP) is 3.37. The van der Waals surface area contributed by atoms with Crippen molar-refractivity contribution in [3.05, 3.63) is 58.8 Å². The Hall–Kier alpha value is -3.45. The zero-order chi connectivity index (χ0) is 17.7. The molecule has 1 heterocycles. The average molecular weight is 321 g/mol. The second-order valence-electron chi connectivity index (χ2n) is 6.01. The monoisotopic (exact) mass is 321 g/mol. The number of benzene rings is 1. The Balaban J connectivity index is 2.21. The van der Waals surface area contributed by atoms with Gasteiger partial charge in [-0.3, -0.25) is 4.79 Å². The smallest absolute Gasteiger partial charge is 0.343 e. The summed E-state index contributed by atoms with van der Waals surface area (Å²) in [4.78, 5) is 15.4. The molecule has 7 nitrogen and oxygen atoms in total. The first kappa shape index (κ1) is 16.9. The molecule has 2 rings (SSSR count). The van der Waals surface area contributed by atoms with Crippen molar-refractivity contribution < 1.29 is 9.32 Å². The van der Waals surface area contributed by atoms with Gasteiger partial charge in [-0.2, -0.15) is 5.26 Å². The second-order valence-corrected chi connectivity index (χ2v) is 6.01. The molecular formula is C17H15N5O2. The van der Waals surface area contributed by atoms with Gasteiger partial charge in [0, 0.05) is 11.5 Å². The van der Waals surface area contributed by atoms with Crippen LogP contribution < -0.4 is 5.43 Å². The summed E-state index contributed by atoms with van der Waals surface area (Å²) in [5.74, 6) is -0.454. The molecular weight excluding hydrogens is 306 g/mol. The molecule has 120 valence electrons. The molecule has 0 bridgehead atoms. The highest BCUT2D eigenvalue weighted by molar-refractivity contribution is 6.48. The van der Waals surface area contributed by atoms with E-state index in [1.165, 1.54) is 6.07 Å². The van der Waals surface area contributed by atoms with E-state index in [4.69, 9.17) is 16.4 Å². The van der Waals surface area contributed by atoms with Crippen LogP contribution in [0.2, 0.25) is 0 Å². The van der Waals surface area contributed by atoms with Crippen LogP contribution in [0, 0.1) is 17.9 Å². The fraction of sp³-hybridized carbons (Fsp3) is 0.235. The van der Waals surface area contributed by atoms with Crippen LogP contribution in [-0.2, 0) is 5.41 Å². The quantitative estimate of drug-likeness (QED) is 0.306. The molecule has 0 aliphatic rings. The summed E-state index contributed by atoms with van der Waals surface area (Å²) >= 11 is 0. The molecule has 1 aromatic heterocycles. The molecule has 0 amide bonds. The van der Waals surface area contributed by atoms with E-state index in [9.17, 15) is 4.79 Å². The topological polar surface area (TPSA) is 95.6 Å². The van der Waals surface area contributed by atoms with Crippen molar-refractivity contribution in [2.75, 3.05) is 5.43 Å². The molecule has 0 radical (unpaired) electrons. The van der Waals surface area contributed by atoms with Crippen molar-refractivity contribution in [1.29, 1.82) is 5.26 Å². The van der Waals surface area contributed by atoms with Crippen molar-refractivity contribution in [1.82, 2.24) is 5.16 Å². The van der Waals surface area contributed by atoms with Crippen LogP contribution in [0.5, 0.6) is 0 Å². The number of rotatable bonds is 4. The van der Waals surface area contributed by atoms with Crippen LogP contribution in [0.1, 0.15) is 42.6 Å². The Morgan fingerprint density at radius 2 is 2.17 bits per heavy atom. The summed E-state index contributed by atoms with van der Waals surface area (Å²) in [6.45, 7) is 12.9. The molecule has 0 unspecified atom stereocenters. The van der Waals surface area contributed by atoms with Gasteiger partial charge < -0.3 is 9.37 Å². The van der Waals surface area contributed by atoms with Gasteiger partial charge in [0.05, 0.1) is 17.3 Å². The predicted molar refractivity (Wildman–Crippen MR) is 88.4 cm³/mol. The standard InChI is InChI=1S/C17H15N5O2/c1-17(2,3)14-9-13(22-24-14)15(23)16(19-4)21-20-12-7-5-6-11(8-12)10-18/h5-9,20H,1-3H3/b21-16+. The molecule has 0 saturated heterocycles. The number of nitrogens with one attached hydrogen (secondary N) is 1. The fourth-order valence-electron chi connectivity index (χ4n) is 1.75. The highest BCUT2D eigenvalue weighted by Crippen LogP contribution is 2.23. The zero-order valence-electron chi connectivity index (χ0n) is 13.5. The van der Waals surface area contributed by atoms with E-state index >= 15 is 0 Å². The van der Waals surface area contributed by atoms with Crippen molar-refractivity contribution in [3.8, 4) is 6.07 Å². The second kappa shape index (κ2) is 6.76. The summed E-state index contributed by atoms with van der Waals surface area (Å²) in [7, 11) is 0. The molecule has 0 spiro atoms. The van der Waals surface area contributed by atoms with E-state index in [2.05, 4.69) is 20.5 Å². The Bertz CT molecular complexity index is 875. The number of hydrogen-bond acceptors (Lipinski definition) is 6. The molecule has 1 aromatic carbocycles. The molecule has 0 saturated carbocycles. The summed E-state index contributed by atoms with van der Waals surface area (Å²) in [6, 6.07) is 10.0. The van der Waals surface area contributed by atoms with Gasteiger partial charge in [-0.1, -0.05) is 38.6 Å². The van der Waals surface area contributed by atoms with Crippen LogP contribution in [0.25, 0.3) is 4.85 Å². The van der Waals surface area contributed by atoms with E-state index < -0.39 is 5.78 Å². The van der Waals surface area contributed by atoms with Crippen LogP contribution in [0.15, 0.2) is 40.0 Å². The van der Waals surface area contributed by atoms with Crippen molar-refractivity contribution in [2.24, 2.45) is 5.10 Å². The highest BCUT2D eigenvalue weighted by Gasteiger charge is 2.24. The van der Waals surface area contributed by atoms with Crippen molar-refractivity contribution in [2.45, 2.75) is 26.2 Å². The molecule has 1 N–H and O–H groups in total. The molecule has 0 fully saturated rings. The number of aromatic nitrogens is 1. The van der Waals surface area contributed by atoms with E-state index in [1.54, 1.807) is 24.3 Å². The van der Waals surface area contributed by atoms with Crippen LogP contribution in [-0.4, -0.2) is 16.8 Å². The average Bonchev–Trinajstić information content (AvgIpc) is 3.05. The van der Waals surface area contributed by atoms with Gasteiger partial charge in [-0.15, -0.1) is 0 Å². The molecule has 2 aromatic rings. The Morgan fingerprint density at radius 3 is 2.75 bits per heavy atom. The number of carbonyl (C=O) groups excluding carboxylic acids is 1. The maximum atomic E-state index is 12.3. The Morgan fingerprint density at radius 1 is 1.42 bits per heavy atom. The third-order valence-corrected chi connectivity index (χ3v) is 3.07. The van der Waals surface area contributed by atoms with Gasteiger partial charge in [-0.05, 0) is 23.3 Å². The summed E-state index contributed by atoms with van der Waals surface area (Å²) in [5, 5.41) is 16.4. The molecule has 0 atom stereocenters. The number of hydrazone groups is 1. The first-order chi connectivity index (χ1) is 11.3. The number of ketones is 1. The van der Waals surface area contributed by atoms with Gasteiger partial charge in [0.25, 0.3) is 0 Å². The van der Waals surface area contributed by atoms with E-state index in [0.717, 1.165) is 0 Å². The number of Topliss-reactive ketones (excluding diaryl/α,β-unsaturated/α-hetero) is 1. The lowest BCUT2D eigenvalue weighted by atomic mass is 9.93. The van der Waals surface area contributed by atoms with E-state index in [1.807, 2.05) is 26.8 Å². The number of carbonyl (C=O) groups is 1. The summed E-state index contributed by atoms with van der Waals surface area (Å²) in [5.41, 5.74) is 3.28. The van der Waals surface area contributed by atoms with Crippen molar-refractivity contribution >= 4 is 17.3 Å². The van der Waals surface area contributed by atoms with Crippen molar-refractivity contribution in [3.63, 3.8) is 0 Å². The van der Waals surface area contributed by atoms with E-state index in [0.29, 0.717) is 17.0 Å². The number of amidine groups is 1. The van der Waals surface area contributed by atoms with E-state index in [-0.39, 0.29) is 16.9 Å². The minimum absolute atomic E-state index is 0.0299. The van der Waals surface area contributed by atoms with Gasteiger partial charge >= 0.3 is 5.84 Å². The SMILES string of the molecule is [C-]#[N+]/C(=N/Nc1cccc(C#N)c1)C(=O)c1cc(C(C)(C)C)on1. The largest absolute Gasteiger partial charge is 0.360 e. The van der Waals surface area contributed by atoms with Gasteiger partial charge in [0.15, 0.2) is 0 Å². The molecule has 0 aliphatic heterocycles. The lowest BCUT2D eigenvalue weighted by molar-refractivity contribution is 0.105. The minimum Gasteiger partial charge on any atom is -0.360 e. The molecule has 7 heteroatoms. The number of hydrogen-bond donors (Lipinski definition) is 1. The molecule has 24 heavy (non-hydrogen) atoms. The minimum atomic E-state index is -0.631. The van der Waals surface area contributed by atoms with Gasteiger partial charge in [0.2, 0.25) is 5.78 Å². The summed E-state index contributed by atoms with van der Waals surface area (Å²) < 4.78 is 5.15. The maximum Gasteiger partial charge on any atom is 0.343 e. The number of nitriles is 1. The van der Waals surface area contributed by atoms with Crippen LogP contribution in [0.4, 0.5) is 5.69 Å². The highest BCUT2D eigenvalue weighted by atomic mass is 16.5. The molecule has 0 aliphatic carbocycles. The third kappa shape index (κ3) is 3.84. The van der Waals surface area contributed by atoms with Crippen LogP contribution in [0.3, 0.4) is 0 Å². The lowest BCUT2D eigenvalue weighted by Gasteiger charge is -2.11. The summed E-state index contributed by atoms with van der Waals surface area (Å²) in [6.07, 6.45) is 0. The normalized spacial score (nSPS) is 11.5. The third-order valence-electron chi connectivity index (χ3n) is 3.07. The maximum absolute atomic E-state index is 12.3. The first-order valence-corrected chi connectivity index (χ1v) is 7.08. The zero-order valence-corrected chi connectivity index (χ0v) is 13.5. The lowest BCUT2D eigenvalue weighted by Crippen LogP contribution is -2.13. The number of nitrogens with zero attached hydrogens (tertiary/aromatic N) is 4.